The lowest BCUT2D eigenvalue weighted by molar-refractivity contribution is -0.139. The monoisotopic (exact) mass is 406 g/mol. The summed E-state index contributed by atoms with van der Waals surface area (Å²) >= 11 is 0. The highest BCUT2D eigenvalue weighted by Crippen LogP contribution is 2.42. The summed E-state index contributed by atoms with van der Waals surface area (Å²) in [6, 6.07) is 12.2. The number of amides is 1. The molecule has 1 aliphatic rings. The zero-order valence-electron chi connectivity index (χ0n) is 16.7. The van der Waals surface area contributed by atoms with Crippen LogP contribution < -0.4 is 0 Å². The molecule has 1 amide bonds. The molecule has 0 aliphatic carbocycles. The molecule has 154 valence electrons. The number of hydrogen-bond donors (Lipinski definition) is 2. The van der Waals surface area contributed by atoms with Crippen molar-refractivity contribution in [2.75, 3.05) is 6.54 Å². The normalized spacial score (nSPS) is 18.5. The van der Waals surface area contributed by atoms with Gasteiger partial charge in [0.25, 0.3) is 11.7 Å². The molecular weight excluding hydrogens is 383 g/mol. The van der Waals surface area contributed by atoms with Crippen LogP contribution in [0.5, 0.6) is 0 Å². The van der Waals surface area contributed by atoms with Gasteiger partial charge in [0.2, 0.25) is 0 Å². The van der Waals surface area contributed by atoms with Gasteiger partial charge in [-0.25, -0.2) is 4.39 Å². The van der Waals surface area contributed by atoms with Crippen LogP contribution in [-0.2, 0) is 9.59 Å². The number of nitrogens with zero attached hydrogens (tertiary/aromatic N) is 1. The smallest absolute Gasteiger partial charge is 0.295 e. The second-order valence-corrected chi connectivity index (χ2v) is 7.50. The molecule has 0 radical (unpaired) electrons. The number of fused-ring (bicyclic) bond motifs is 1. The van der Waals surface area contributed by atoms with Crippen LogP contribution in [0.15, 0.2) is 60.3 Å². The third kappa shape index (κ3) is 3.38. The minimum absolute atomic E-state index is 0.0351. The molecule has 1 saturated heterocycles. The number of aliphatic hydroxyl groups is 1. The first-order valence-electron chi connectivity index (χ1n) is 10.1. The summed E-state index contributed by atoms with van der Waals surface area (Å²) in [4.78, 5) is 30.6. The first-order chi connectivity index (χ1) is 14.5. The minimum atomic E-state index is -0.719. The highest BCUT2D eigenvalue weighted by molar-refractivity contribution is 6.46. The second kappa shape index (κ2) is 8.14. The van der Waals surface area contributed by atoms with Gasteiger partial charge in [-0.05, 0) is 36.8 Å². The van der Waals surface area contributed by atoms with Crippen molar-refractivity contribution < 1.29 is 19.1 Å². The lowest BCUT2D eigenvalue weighted by Gasteiger charge is -2.24. The van der Waals surface area contributed by atoms with Crippen LogP contribution in [-0.4, -0.2) is 33.2 Å². The van der Waals surface area contributed by atoms with Crippen molar-refractivity contribution in [3.05, 3.63) is 77.2 Å². The molecule has 0 saturated carbocycles. The van der Waals surface area contributed by atoms with Gasteiger partial charge < -0.3 is 15.0 Å². The fraction of sp³-hybridized carbons (Fsp3) is 0.250. The van der Waals surface area contributed by atoms with Gasteiger partial charge in [-0.2, -0.15) is 0 Å². The van der Waals surface area contributed by atoms with Crippen molar-refractivity contribution in [3.63, 3.8) is 0 Å². The number of rotatable bonds is 6. The highest BCUT2D eigenvalue weighted by Gasteiger charge is 2.46. The van der Waals surface area contributed by atoms with E-state index in [1.807, 2.05) is 24.3 Å². The summed E-state index contributed by atoms with van der Waals surface area (Å²) in [7, 11) is 0. The molecular formula is C24H23FN2O3. The van der Waals surface area contributed by atoms with E-state index in [9.17, 15) is 19.1 Å². The number of halogens is 1. The van der Waals surface area contributed by atoms with E-state index in [-0.39, 0.29) is 11.3 Å². The summed E-state index contributed by atoms with van der Waals surface area (Å²) in [5.41, 5.74) is 1.97. The van der Waals surface area contributed by atoms with Gasteiger partial charge in [0, 0.05) is 34.8 Å². The van der Waals surface area contributed by atoms with Crippen LogP contribution >= 0.6 is 0 Å². The maximum absolute atomic E-state index is 13.3. The number of ketones is 1. The third-order valence-electron chi connectivity index (χ3n) is 5.58. The van der Waals surface area contributed by atoms with Crippen LogP contribution in [0.4, 0.5) is 4.39 Å². The van der Waals surface area contributed by atoms with Crippen LogP contribution in [0.25, 0.3) is 16.7 Å². The molecule has 1 aromatic heterocycles. The Morgan fingerprint density at radius 1 is 1.10 bits per heavy atom. The largest absolute Gasteiger partial charge is 0.507 e. The molecule has 30 heavy (non-hydrogen) atoms. The minimum Gasteiger partial charge on any atom is -0.507 e. The van der Waals surface area contributed by atoms with Crippen molar-refractivity contribution in [2.45, 2.75) is 32.2 Å². The number of unbranched alkanes of at least 4 members (excludes halogenated alkanes) is 2. The number of nitrogens with one attached hydrogen (secondary N) is 1. The molecule has 0 bridgehead atoms. The lowest BCUT2D eigenvalue weighted by atomic mass is 9.95. The van der Waals surface area contributed by atoms with Crippen LogP contribution in [0.2, 0.25) is 0 Å². The van der Waals surface area contributed by atoms with Crippen molar-refractivity contribution in [3.8, 4) is 0 Å². The van der Waals surface area contributed by atoms with E-state index in [2.05, 4.69) is 11.9 Å². The number of Topliss-reactive ketones (excluding diaryl/α,β-unsaturated/α-hetero) is 1. The van der Waals surface area contributed by atoms with E-state index in [0.717, 1.165) is 35.7 Å². The predicted molar refractivity (Wildman–Crippen MR) is 113 cm³/mol. The Balaban J connectivity index is 1.88. The number of benzene rings is 2. The molecule has 2 heterocycles. The summed E-state index contributed by atoms with van der Waals surface area (Å²) in [6.45, 7) is 2.49. The van der Waals surface area contributed by atoms with Gasteiger partial charge >= 0.3 is 0 Å². The van der Waals surface area contributed by atoms with E-state index in [4.69, 9.17) is 0 Å². The molecule has 3 aromatic rings. The maximum Gasteiger partial charge on any atom is 0.295 e. The van der Waals surface area contributed by atoms with E-state index < -0.39 is 23.5 Å². The Morgan fingerprint density at radius 2 is 1.83 bits per heavy atom. The van der Waals surface area contributed by atoms with Gasteiger partial charge in [-0.15, -0.1) is 0 Å². The van der Waals surface area contributed by atoms with E-state index in [1.165, 1.54) is 24.3 Å². The number of aliphatic hydroxyl groups excluding tert-OH is 1. The van der Waals surface area contributed by atoms with Crippen molar-refractivity contribution in [2.24, 2.45) is 0 Å². The van der Waals surface area contributed by atoms with Crippen LogP contribution in [0.3, 0.4) is 0 Å². The summed E-state index contributed by atoms with van der Waals surface area (Å²) in [5.74, 6) is -2.07. The lowest BCUT2D eigenvalue weighted by Crippen LogP contribution is -2.30. The van der Waals surface area contributed by atoms with Gasteiger partial charge in [-0.3, -0.25) is 9.59 Å². The molecule has 1 fully saturated rings. The summed E-state index contributed by atoms with van der Waals surface area (Å²) in [5, 5.41) is 11.9. The third-order valence-corrected chi connectivity index (χ3v) is 5.58. The predicted octanol–water partition coefficient (Wildman–Crippen LogP) is 4.92. The number of hydrogen-bond acceptors (Lipinski definition) is 3. The molecule has 2 N–H and O–H groups in total. The molecule has 5 nitrogen and oxygen atoms in total. The van der Waals surface area contributed by atoms with Crippen LogP contribution in [0, 0.1) is 5.82 Å². The number of likely N-dealkylation sites (tertiary alicyclic amines) is 1. The second-order valence-electron chi connectivity index (χ2n) is 7.50. The van der Waals surface area contributed by atoms with Gasteiger partial charge in [0.15, 0.2) is 0 Å². The maximum atomic E-state index is 13.3. The SMILES string of the molecule is CCCCCN1C(=O)C(=O)/C(=C(/O)c2ccc(F)cc2)C1c1c[nH]c2ccccc12. The number of carbonyl (C=O) groups excluding carboxylic acids is 2. The van der Waals surface area contributed by atoms with E-state index in [1.54, 1.807) is 11.1 Å². The first-order valence-corrected chi connectivity index (χ1v) is 10.1. The van der Waals surface area contributed by atoms with Crippen LogP contribution in [0.1, 0.15) is 43.4 Å². The molecule has 1 unspecified atom stereocenters. The first kappa shape index (κ1) is 19.9. The van der Waals surface area contributed by atoms with Crippen molar-refractivity contribution in [1.29, 1.82) is 0 Å². The molecule has 0 spiro atoms. The highest BCUT2D eigenvalue weighted by atomic mass is 19.1. The number of para-hydroxylation sites is 1. The zero-order valence-corrected chi connectivity index (χ0v) is 16.7. The summed E-state index contributed by atoms with van der Waals surface area (Å²) in [6.07, 6.45) is 4.46. The Kier molecular flexibility index (Phi) is 5.40. The Hall–Kier alpha value is -3.41. The van der Waals surface area contributed by atoms with Gasteiger partial charge in [0.1, 0.15) is 11.6 Å². The topological polar surface area (TPSA) is 73.4 Å². The zero-order chi connectivity index (χ0) is 21.3. The Bertz CT molecular complexity index is 1130. The molecule has 1 atom stereocenters. The molecule has 1 aliphatic heterocycles. The number of aromatic nitrogens is 1. The van der Waals surface area contributed by atoms with E-state index in [0.29, 0.717) is 12.1 Å². The van der Waals surface area contributed by atoms with Crippen molar-refractivity contribution in [1.82, 2.24) is 9.88 Å². The van der Waals surface area contributed by atoms with Crippen molar-refractivity contribution >= 4 is 28.4 Å². The number of aromatic amines is 1. The average Bonchev–Trinajstić information content (AvgIpc) is 3.28. The van der Waals surface area contributed by atoms with Gasteiger partial charge in [-0.1, -0.05) is 38.0 Å². The standard InChI is InChI=1S/C24H23FN2O3/c1-2-3-6-13-27-21(18-14-26-19-8-5-4-7-17(18)19)20(23(29)24(27)30)22(28)15-9-11-16(25)12-10-15/h4-5,7-12,14,21,26,28H,2-3,6,13H2,1H3/b22-20+. The molecule has 2 aromatic carbocycles. The fourth-order valence-electron chi connectivity index (χ4n) is 4.05. The molecule has 4 rings (SSSR count). The summed E-state index contributed by atoms with van der Waals surface area (Å²) < 4.78 is 13.3. The number of carbonyl (C=O) groups is 2. The quantitative estimate of drug-likeness (QED) is 0.264. The Morgan fingerprint density at radius 3 is 2.57 bits per heavy atom. The Labute approximate surface area is 173 Å². The van der Waals surface area contributed by atoms with Gasteiger partial charge in [0.05, 0.1) is 11.6 Å². The molecule has 6 heteroatoms. The fourth-order valence-corrected chi connectivity index (χ4v) is 4.05. The average molecular weight is 406 g/mol. The van der Waals surface area contributed by atoms with E-state index >= 15 is 0 Å². The number of H-pyrrole nitrogens is 1.